The van der Waals surface area contributed by atoms with E-state index in [2.05, 4.69) is 15.9 Å². The minimum absolute atomic E-state index is 0.0534. The van der Waals surface area contributed by atoms with Crippen molar-refractivity contribution < 1.29 is 9.13 Å². The Balaban J connectivity index is 2.65. The van der Waals surface area contributed by atoms with Gasteiger partial charge < -0.3 is 10.5 Å². The van der Waals surface area contributed by atoms with Crippen LogP contribution in [-0.4, -0.2) is 11.6 Å². The molecule has 0 radical (unpaired) electrons. The van der Waals surface area contributed by atoms with Gasteiger partial charge in [0.05, 0.1) is 21.1 Å². The first-order chi connectivity index (χ1) is 8.24. The van der Waals surface area contributed by atoms with Gasteiger partial charge in [-0.15, -0.1) is 0 Å². The van der Waals surface area contributed by atoms with Crippen LogP contribution in [0.15, 0.2) is 16.6 Å². The molecule has 2 nitrogen and oxygen atoms in total. The lowest BCUT2D eigenvalue weighted by atomic mass is 9.90. The molecule has 0 aliphatic carbocycles. The number of ether oxygens (including phenoxy) is 1. The molecule has 100 valence electrons. The molecule has 0 bridgehead atoms. The van der Waals surface area contributed by atoms with E-state index in [1.165, 1.54) is 12.1 Å². The van der Waals surface area contributed by atoms with Gasteiger partial charge in [-0.1, -0.05) is 37.7 Å². The van der Waals surface area contributed by atoms with Crippen LogP contribution in [0.3, 0.4) is 0 Å². The van der Waals surface area contributed by atoms with Gasteiger partial charge in [0.2, 0.25) is 0 Å². The van der Waals surface area contributed by atoms with E-state index in [0.29, 0.717) is 28.2 Å². The first kappa shape index (κ1) is 15.7. The number of hydrogen-bond acceptors (Lipinski definition) is 2. The van der Waals surface area contributed by atoms with Crippen molar-refractivity contribution in [3.63, 3.8) is 0 Å². The molecule has 1 aromatic carbocycles. The summed E-state index contributed by atoms with van der Waals surface area (Å²) < 4.78 is 19.4. The average Bonchev–Trinajstić information content (AvgIpc) is 2.25. The monoisotopic (exact) mass is 353 g/mol. The second kappa shape index (κ2) is 6.17. The summed E-state index contributed by atoms with van der Waals surface area (Å²) in [6, 6.07) is 2.71. The van der Waals surface area contributed by atoms with E-state index in [-0.39, 0.29) is 10.4 Å². The molecule has 0 spiro atoms. The van der Waals surface area contributed by atoms with Gasteiger partial charge in [-0.25, -0.2) is 4.39 Å². The summed E-state index contributed by atoms with van der Waals surface area (Å²) in [5.41, 5.74) is 5.33. The normalized spacial score (nSPS) is 11.4. The number of thiocarbonyl (C=S) groups is 1. The lowest BCUT2D eigenvalue weighted by Crippen LogP contribution is -2.31. The highest BCUT2D eigenvalue weighted by molar-refractivity contribution is 9.10. The molecule has 1 aromatic rings. The van der Waals surface area contributed by atoms with E-state index >= 15 is 0 Å². The van der Waals surface area contributed by atoms with Crippen molar-refractivity contribution in [2.24, 2.45) is 11.1 Å². The molecule has 0 unspecified atom stereocenters. The van der Waals surface area contributed by atoms with Gasteiger partial charge in [-0.2, -0.15) is 0 Å². The van der Waals surface area contributed by atoms with Crippen LogP contribution in [0.25, 0.3) is 0 Å². The van der Waals surface area contributed by atoms with Crippen LogP contribution in [-0.2, 0) is 0 Å². The van der Waals surface area contributed by atoms with Crippen LogP contribution in [0.1, 0.15) is 20.3 Å². The summed E-state index contributed by atoms with van der Waals surface area (Å²) in [4.78, 5) is 0.437. The zero-order chi connectivity index (χ0) is 13.9. The largest absolute Gasteiger partial charge is 0.492 e. The molecular formula is C12H14BrClFNOS. The topological polar surface area (TPSA) is 35.2 Å². The second-order valence-corrected chi connectivity index (χ2v) is 6.24. The predicted octanol–water partition coefficient (Wildman–Crippen LogP) is 4.32. The van der Waals surface area contributed by atoms with Crippen molar-refractivity contribution in [1.82, 2.24) is 0 Å². The number of hydrogen-bond donors (Lipinski definition) is 1. The summed E-state index contributed by atoms with van der Waals surface area (Å²) in [6.45, 7) is 4.27. The van der Waals surface area contributed by atoms with E-state index in [1.54, 1.807) is 0 Å². The zero-order valence-electron chi connectivity index (χ0n) is 10.1. The molecule has 18 heavy (non-hydrogen) atoms. The molecule has 0 fully saturated rings. The summed E-state index contributed by atoms with van der Waals surface area (Å²) in [6.07, 6.45) is 0.652. The van der Waals surface area contributed by atoms with Gasteiger partial charge in [0.1, 0.15) is 11.6 Å². The third-order valence-corrected chi connectivity index (χ3v) is 4.09. The van der Waals surface area contributed by atoms with E-state index < -0.39 is 5.82 Å². The Morgan fingerprint density at radius 1 is 1.56 bits per heavy atom. The summed E-state index contributed by atoms with van der Waals surface area (Å²) in [5, 5.41) is 0.0534. The molecule has 1 rings (SSSR count). The second-order valence-electron chi connectivity index (χ2n) is 4.54. The van der Waals surface area contributed by atoms with E-state index in [0.717, 1.165) is 0 Å². The lowest BCUT2D eigenvalue weighted by molar-refractivity contribution is 0.268. The van der Waals surface area contributed by atoms with Gasteiger partial charge in [-0.3, -0.25) is 0 Å². The molecule has 6 heteroatoms. The van der Waals surface area contributed by atoms with Gasteiger partial charge in [-0.05, 0) is 28.4 Å². The van der Waals surface area contributed by atoms with Crippen molar-refractivity contribution in [3.8, 4) is 5.75 Å². The van der Waals surface area contributed by atoms with Gasteiger partial charge in [0, 0.05) is 11.5 Å². The quantitative estimate of drug-likeness (QED) is 0.631. The third kappa shape index (κ3) is 4.07. The lowest BCUT2D eigenvalue weighted by Gasteiger charge is -2.23. The molecule has 0 heterocycles. The highest BCUT2D eigenvalue weighted by Crippen LogP contribution is 2.31. The fraction of sp³-hybridized carbons (Fsp3) is 0.417. The highest BCUT2D eigenvalue weighted by Gasteiger charge is 2.21. The molecule has 0 aliphatic heterocycles. The number of nitrogens with two attached hydrogens (primary N) is 1. The van der Waals surface area contributed by atoms with Crippen LogP contribution >= 0.6 is 39.7 Å². The molecule has 0 atom stereocenters. The molecular weight excluding hydrogens is 341 g/mol. The maximum Gasteiger partial charge on any atom is 0.145 e. The molecule has 0 saturated carbocycles. The molecule has 0 aromatic heterocycles. The first-order valence-corrected chi connectivity index (χ1v) is 6.89. The van der Waals surface area contributed by atoms with E-state index in [9.17, 15) is 4.39 Å². The summed E-state index contributed by atoms with van der Waals surface area (Å²) in [7, 11) is 0. The summed E-state index contributed by atoms with van der Waals surface area (Å²) >= 11 is 13.9. The predicted molar refractivity (Wildman–Crippen MR) is 79.8 cm³/mol. The maximum atomic E-state index is 13.3. The third-order valence-electron chi connectivity index (χ3n) is 2.63. The van der Waals surface area contributed by atoms with Gasteiger partial charge >= 0.3 is 0 Å². The minimum atomic E-state index is -0.511. The Morgan fingerprint density at radius 2 is 2.17 bits per heavy atom. The van der Waals surface area contributed by atoms with Crippen molar-refractivity contribution >= 4 is 44.7 Å². The molecule has 2 N–H and O–H groups in total. The van der Waals surface area contributed by atoms with Crippen LogP contribution in [0.4, 0.5) is 4.39 Å². The number of benzene rings is 1. The standard InChI is InChI=1S/C12H14BrClFNOS/c1-12(2,11(16)18)3-4-17-10-6-9(15)8(14)5-7(10)13/h5-6H,3-4H2,1-2H3,(H2,16,18). The fourth-order valence-corrected chi connectivity index (χ4v) is 2.01. The summed E-state index contributed by atoms with van der Waals surface area (Å²) in [5.74, 6) is -0.0980. The molecule has 0 aliphatic rings. The van der Waals surface area contributed by atoms with E-state index in [4.69, 9.17) is 34.3 Å². The average molecular weight is 355 g/mol. The van der Waals surface area contributed by atoms with Gasteiger partial charge in [0.25, 0.3) is 0 Å². The minimum Gasteiger partial charge on any atom is -0.492 e. The van der Waals surface area contributed by atoms with Crippen LogP contribution in [0, 0.1) is 11.2 Å². The Bertz CT molecular complexity index is 468. The van der Waals surface area contributed by atoms with Crippen LogP contribution in [0.5, 0.6) is 5.75 Å². The maximum absolute atomic E-state index is 13.3. The Hall–Kier alpha value is -0.390. The van der Waals surface area contributed by atoms with E-state index in [1.807, 2.05) is 13.8 Å². The van der Waals surface area contributed by atoms with Crippen molar-refractivity contribution in [2.45, 2.75) is 20.3 Å². The number of rotatable bonds is 5. The zero-order valence-corrected chi connectivity index (χ0v) is 13.3. The molecule has 0 amide bonds. The van der Waals surface area contributed by atoms with Crippen molar-refractivity contribution in [3.05, 3.63) is 27.4 Å². The fourth-order valence-electron chi connectivity index (χ4n) is 1.15. The van der Waals surface area contributed by atoms with Crippen LogP contribution < -0.4 is 10.5 Å². The van der Waals surface area contributed by atoms with Crippen LogP contribution in [0.2, 0.25) is 5.02 Å². The molecule has 0 saturated heterocycles. The Morgan fingerprint density at radius 3 is 2.72 bits per heavy atom. The van der Waals surface area contributed by atoms with Gasteiger partial charge in [0.15, 0.2) is 0 Å². The Labute approximate surface area is 125 Å². The van der Waals surface area contributed by atoms with Crippen molar-refractivity contribution in [1.29, 1.82) is 0 Å². The highest BCUT2D eigenvalue weighted by atomic mass is 79.9. The number of halogens is 3. The smallest absolute Gasteiger partial charge is 0.145 e. The first-order valence-electron chi connectivity index (χ1n) is 5.31. The Kier molecular flexibility index (Phi) is 5.37. The van der Waals surface area contributed by atoms with Crippen molar-refractivity contribution in [2.75, 3.05) is 6.61 Å². The SMILES string of the molecule is CC(C)(CCOc1cc(F)c(Cl)cc1Br)C(N)=S.